The molecule has 2 heterocycles. The summed E-state index contributed by atoms with van der Waals surface area (Å²) in [5.74, 6) is 0. The van der Waals surface area contributed by atoms with E-state index < -0.39 is 0 Å². The van der Waals surface area contributed by atoms with E-state index >= 15 is 0 Å². The zero-order valence-electron chi connectivity index (χ0n) is 14.2. The molecule has 0 unspecified atom stereocenters. The monoisotopic (exact) mass is 325 g/mol. The fraction of sp³-hybridized carbons (Fsp3) is 0.750. The third-order valence-electron chi connectivity index (χ3n) is 4.41. The lowest BCUT2D eigenvalue weighted by molar-refractivity contribution is 0.0964. The van der Waals surface area contributed by atoms with Gasteiger partial charge in [0.15, 0.2) is 0 Å². The number of thiazole rings is 1. The highest BCUT2D eigenvalue weighted by atomic mass is 32.1. The Morgan fingerprint density at radius 2 is 2.14 bits per heavy atom. The van der Waals surface area contributed by atoms with Gasteiger partial charge in [-0.15, -0.1) is 11.3 Å². The summed E-state index contributed by atoms with van der Waals surface area (Å²) in [6, 6.07) is 0.741. The van der Waals surface area contributed by atoms with E-state index in [0.717, 1.165) is 23.5 Å². The average Bonchev–Trinajstić information content (AvgIpc) is 2.94. The maximum atomic E-state index is 12.7. The highest BCUT2D eigenvalue weighted by Crippen LogP contribution is 2.25. The predicted octanol–water partition coefficient (Wildman–Crippen LogP) is 3.67. The molecule has 0 radical (unpaired) electrons. The summed E-state index contributed by atoms with van der Waals surface area (Å²) in [7, 11) is 3.54. The first kappa shape index (κ1) is 17.2. The second-order valence-electron chi connectivity index (χ2n) is 6.23. The number of methoxy groups -OCH3 is 1. The highest BCUT2D eigenvalue weighted by molar-refractivity contribution is 7.09. The molecule has 0 N–H and O–H groups in total. The molecule has 2 rings (SSSR count). The van der Waals surface area contributed by atoms with E-state index in [4.69, 9.17) is 4.74 Å². The average molecular weight is 325 g/mol. The van der Waals surface area contributed by atoms with Crippen LogP contribution < -0.4 is 0 Å². The number of carbonyl (C=O) groups is 1. The Kier molecular flexibility index (Phi) is 5.81. The normalized spacial score (nSPS) is 23.4. The zero-order chi connectivity index (χ0) is 16.3. The van der Waals surface area contributed by atoms with Crippen LogP contribution in [0.1, 0.15) is 56.8 Å². The van der Waals surface area contributed by atoms with Crippen molar-refractivity contribution in [3.05, 3.63) is 16.1 Å². The molecule has 0 aromatic carbocycles. The van der Waals surface area contributed by atoms with E-state index in [1.807, 2.05) is 24.3 Å². The van der Waals surface area contributed by atoms with Crippen LogP contribution >= 0.6 is 11.3 Å². The molecular formula is C16H27N3O2S. The Morgan fingerprint density at radius 3 is 2.73 bits per heavy atom. The summed E-state index contributed by atoms with van der Waals surface area (Å²) in [5.41, 5.74) is 0.928. The molecule has 124 valence electrons. The second kappa shape index (κ2) is 7.42. The fourth-order valence-electron chi connectivity index (χ4n) is 2.99. The molecule has 1 aromatic rings. The molecule has 1 aromatic heterocycles. The Labute approximate surface area is 137 Å². The topological polar surface area (TPSA) is 45.7 Å². The first-order valence-electron chi connectivity index (χ1n) is 7.94. The van der Waals surface area contributed by atoms with Crippen molar-refractivity contribution in [3.8, 4) is 0 Å². The molecular weight excluding hydrogens is 298 g/mol. The van der Waals surface area contributed by atoms with E-state index in [1.54, 1.807) is 23.3 Å². The summed E-state index contributed by atoms with van der Waals surface area (Å²) in [4.78, 5) is 21.1. The van der Waals surface area contributed by atoms with Crippen LogP contribution in [0.2, 0.25) is 0 Å². The van der Waals surface area contributed by atoms with Gasteiger partial charge in [0.25, 0.3) is 0 Å². The van der Waals surface area contributed by atoms with Crippen LogP contribution in [-0.2, 0) is 11.3 Å². The van der Waals surface area contributed by atoms with Crippen molar-refractivity contribution in [2.24, 2.45) is 0 Å². The second-order valence-corrected chi connectivity index (χ2v) is 7.12. The van der Waals surface area contributed by atoms with Crippen molar-refractivity contribution in [1.82, 2.24) is 14.8 Å². The molecule has 1 fully saturated rings. The summed E-state index contributed by atoms with van der Waals surface area (Å²) in [5, 5.41) is 2.97. The van der Waals surface area contributed by atoms with Crippen LogP contribution in [0.25, 0.3) is 0 Å². The van der Waals surface area contributed by atoms with Gasteiger partial charge in [0.2, 0.25) is 0 Å². The largest absolute Gasteiger partial charge is 0.375 e. The number of likely N-dealkylation sites (tertiary alicyclic amines) is 1. The van der Waals surface area contributed by atoms with Gasteiger partial charge >= 0.3 is 6.03 Å². The zero-order valence-corrected chi connectivity index (χ0v) is 15.0. The number of rotatable bonds is 4. The number of aromatic nitrogens is 1. The van der Waals surface area contributed by atoms with Crippen LogP contribution in [0.3, 0.4) is 0 Å². The molecule has 0 aliphatic carbocycles. The molecule has 1 aliphatic rings. The van der Waals surface area contributed by atoms with Gasteiger partial charge in [-0.2, -0.15) is 0 Å². The van der Waals surface area contributed by atoms with Gasteiger partial charge in [-0.05, 0) is 40.0 Å². The number of urea groups is 1. The minimum atomic E-state index is 0.00176. The Balaban J connectivity index is 2.00. The summed E-state index contributed by atoms with van der Waals surface area (Å²) in [6.07, 6.45) is 3.40. The molecule has 0 saturated carbocycles. The predicted molar refractivity (Wildman–Crippen MR) is 89.0 cm³/mol. The first-order valence-corrected chi connectivity index (χ1v) is 8.82. The first-order chi connectivity index (χ1) is 10.4. The molecule has 6 heteroatoms. The van der Waals surface area contributed by atoms with Crippen LogP contribution in [-0.4, -0.2) is 47.1 Å². The lowest BCUT2D eigenvalue weighted by Crippen LogP contribution is -2.52. The van der Waals surface area contributed by atoms with Gasteiger partial charge in [-0.1, -0.05) is 0 Å². The van der Waals surface area contributed by atoms with Gasteiger partial charge in [-0.25, -0.2) is 9.78 Å². The smallest absolute Gasteiger partial charge is 0.320 e. The van der Waals surface area contributed by atoms with Crippen LogP contribution in [0.4, 0.5) is 4.79 Å². The van der Waals surface area contributed by atoms with E-state index in [1.165, 1.54) is 6.42 Å². The quantitative estimate of drug-likeness (QED) is 0.848. The van der Waals surface area contributed by atoms with Crippen LogP contribution in [0.15, 0.2) is 5.38 Å². The van der Waals surface area contributed by atoms with E-state index in [-0.39, 0.29) is 12.1 Å². The van der Waals surface area contributed by atoms with Crippen molar-refractivity contribution in [3.63, 3.8) is 0 Å². The van der Waals surface area contributed by atoms with Crippen LogP contribution in [0.5, 0.6) is 0 Å². The summed E-state index contributed by atoms with van der Waals surface area (Å²) >= 11 is 1.58. The Hall–Kier alpha value is -1.14. The van der Waals surface area contributed by atoms with E-state index in [0.29, 0.717) is 18.6 Å². The maximum absolute atomic E-state index is 12.7. The number of carbonyl (C=O) groups excluding carboxylic acids is 1. The molecule has 5 nitrogen and oxygen atoms in total. The van der Waals surface area contributed by atoms with Crippen LogP contribution in [0, 0.1) is 0 Å². The number of piperidine rings is 1. The van der Waals surface area contributed by atoms with Gasteiger partial charge in [0, 0.05) is 31.6 Å². The standard InChI is InChI=1S/C16H27N3O2S/c1-11-7-6-8-12(2)19(11)16(20)18(4)9-14-10-22-15(17-14)13(3)21-5/h10-13H,6-9H2,1-5H3/t11-,12-,13-/m1/s1. The lowest BCUT2D eigenvalue weighted by atomic mass is 9.98. The summed E-state index contributed by atoms with van der Waals surface area (Å²) < 4.78 is 5.28. The molecule has 22 heavy (non-hydrogen) atoms. The Bertz CT molecular complexity index is 495. The van der Waals surface area contributed by atoms with Crippen molar-refractivity contribution < 1.29 is 9.53 Å². The lowest BCUT2D eigenvalue weighted by Gasteiger charge is -2.41. The number of hydrogen-bond acceptors (Lipinski definition) is 4. The summed E-state index contributed by atoms with van der Waals surface area (Å²) in [6.45, 7) is 6.81. The van der Waals surface area contributed by atoms with Crippen molar-refractivity contribution in [1.29, 1.82) is 0 Å². The maximum Gasteiger partial charge on any atom is 0.320 e. The molecule has 0 bridgehead atoms. The fourth-order valence-corrected chi connectivity index (χ4v) is 3.83. The minimum absolute atomic E-state index is 0.00176. The molecule has 3 atom stereocenters. The molecule has 1 aliphatic heterocycles. The molecule has 0 spiro atoms. The van der Waals surface area contributed by atoms with Gasteiger partial charge in [-0.3, -0.25) is 0 Å². The number of hydrogen-bond donors (Lipinski definition) is 0. The number of nitrogens with zero attached hydrogens (tertiary/aromatic N) is 3. The van der Waals surface area contributed by atoms with Gasteiger partial charge in [0.05, 0.1) is 12.2 Å². The van der Waals surface area contributed by atoms with E-state index in [2.05, 4.69) is 18.8 Å². The van der Waals surface area contributed by atoms with Crippen molar-refractivity contribution in [2.75, 3.05) is 14.2 Å². The number of ether oxygens (including phenoxy) is 1. The minimum Gasteiger partial charge on any atom is -0.375 e. The molecule has 1 saturated heterocycles. The highest BCUT2D eigenvalue weighted by Gasteiger charge is 2.31. The van der Waals surface area contributed by atoms with Crippen molar-refractivity contribution >= 4 is 17.4 Å². The third kappa shape index (κ3) is 3.79. The third-order valence-corrected chi connectivity index (χ3v) is 5.47. The van der Waals surface area contributed by atoms with Crippen molar-refractivity contribution in [2.45, 2.75) is 64.8 Å². The van der Waals surface area contributed by atoms with Gasteiger partial charge in [0.1, 0.15) is 11.1 Å². The molecule has 2 amide bonds. The van der Waals surface area contributed by atoms with E-state index in [9.17, 15) is 4.79 Å². The van der Waals surface area contributed by atoms with Gasteiger partial charge < -0.3 is 14.5 Å². The SMILES string of the molecule is CO[C@H](C)c1nc(CN(C)C(=O)N2[C@H](C)CCC[C@H]2C)cs1. The Morgan fingerprint density at radius 1 is 1.50 bits per heavy atom. The number of amides is 2.